The first-order valence-electron chi connectivity index (χ1n) is 6.99. The van der Waals surface area contributed by atoms with Crippen LogP contribution in [-0.4, -0.2) is 28.2 Å². The smallest absolute Gasteiger partial charge is 0.186 e. The van der Waals surface area contributed by atoms with Crippen molar-refractivity contribution >= 4 is 0 Å². The van der Waals surface area contributed by atoms with Crippen LogP contribution in [0.2, 0.25) is 0 Å². The number of nitriles is 1. The van der Waals surface area contributed by atoms with E-state index in [-0.39, 0.29) is 0 Å². The molecule has 0 aliphatic carbocycles. The summed E-state index contributed by atoms with van der Waals surface area (Å²) in [5, 5.41) is 17.0. The Bertz CT molecular complexity index is 658. The molecular weight excluding hydrogens is 268 g/mol. The monoisotopic (exact) mass is 286 g/mol. The average Bonchev–Trinajstić information content (AvgIpc) is 2.92. The largest absolute Gasteiger partial charge is 0.490 e. The van der Waals surface area contributed by atoms with Crippen molar-refractivity contribution < 1.29 is 9.47 Å². The lowest BCUT2D eigenvalue weighted by atomic mass is 10.2. The summed E-state index contributed by atoms with van der Waals surface area (Å²) in [4.78, 5) is 0. The fourth-order valence-electron chi connectivity index (χ4n) is 2.08. The minimum Gasteiger partial charge on any atom is -0.490 e. The van der Waals surface area contributed by atoms with Crippen molar-refractivity contribution in [2.75, 3.05) is 13.2 Å². The highest BCUT2D eigenvalue weighted by molar-refractivity contribution is 5.49. The Morgan fingerprint density at radius 1 is 1.14 bits per heavy atom. The van der Waals surface area contributed by atoms with Gasteiger partial charge in [0, 0.05) is 6.07 Å². The Morgan fingerprint density at radius 2 is 1.86 bits per heavy atom. The summed E-state index contributed by atoms with van der Waals surface area (Å²) in [6.07, 6.45) is 0.674. The van der Waals surface area contributed by atoms with E-state index in [0.29, 0.717) is 36.8 Å². The second-order valence-electron chi connectivity index (χ2n) is 4.26. The first-order valence-corrected chi connectivity index (χ1v) is 6.99. The zero-order valence-electron chi connectivity index (χ0n) is 12.5. The molecule has 0 radical (unpaired) electrons. The Balaban J connectivity index is 2.47. The summed E-state index contributed by atoms with van der Waals surface area (Å²) in [5.74, 6) is 1.36. The van der Waals surface area contributed by atoms with Gasteiger partial charge in [-0.1, -0.05) is 12.1 Å². The predicted octanol–water partition coefficient (Wildman–Crippen LogP) is 2.50. The zero-order valence-corrected chi connectivity index (χ0v) is 12.5. The fourth-order valence-corrected chi connectivity index (χ4v) is 2.08. The summed E-state index contributed by atoms with van der Waals surface area (Å²) >= 11 is 0. The molecule has 6 heteroatoms. The van der Waals surface area contributed by atoms with E-state index < -0.39 is 0 Å². The maximum atomic E-state index is 9.05. The van der Waals surface area contributed by atoms with Crippen molar-refractivity contribution in [2.45, 2.75) is 27.2 Å². The Hall–Kier alpha value is -2.55. The SMILES string of the molecule is CCOc1ccc(-n2nnc(C#N)c2CC)cc1OCC. The Kier molecular flexibility index (Phi) is 4.77. The first-order chi connectivity index (χ1) is 10.2. The number of hydrogen-bond donors (Lipinski definition) is 0. The summed E-state index contributed by atoms with van der Waals surface area (Å²) in [5.41, 5.74) is 1.93. The molecule has 0 unspecified atom stereocenters. The van der Waals surface area contributed by atoms with Crippen molar-refractivity contribution in [3.05, 3.63) is 29.6 Å². The van der Waals surface area contributed by atoms with Gasteiger partial charge in [0.2, 0.25) is 0 Å². The quantitative estimate of drug-likeness (QED) is 0.815. The van der Waals surface area contributed by atoms with E-state index in [4.69, 9.17) is 14.7 Å². The highest BCUT2D eigenvalue weighted by atomic mass is 16.5. The molecule has 6 nitrogen and oxygen atoms in total. The molecule has 0 fully saturated rings. The van der Waals surface area contributed by atoms with Gasteiger partial charge in [-0.2, -0.15) is 5.26 Å². The van der Waals surface area contributed by atoms with E-state index in [1.165, 1.54) is 0 Å². The van der Waals surface area contributed by atoms with Crippen LogP contribution in [0.15, 0.2) is 18.2 Å². The van der Waals surface area contributed by atoms with E-state index >= 15 is 0 Å². The molecule has 1 aromatic heterocycles. The number of benzene rings is 1. The lowest BCUT2D eigenvalue weighted by Gasteiger charge is -2.13. The summed E-state index contributed by atoms with van der Waals surface area (Å²) in [6.45, 7) is 6.93. The highest BCUT2D eigenvalue weighted by Gasteiger charge is 2.14. The average molecular weight is 286 g/mol. The zero-order chi connectivity index (χ0) is 15.2. The molecule has 2 aromatic rings. The molecule has 0 amide bonds. The van der Waals surface area contributed by atoms with Crippen LogP contribution in [0.4, 0.5) is 0 Å². The second-order valence-corrected chi connectivity index (χ2v) is 4.26. The van der Waals surface area contributed by atoms with Gasteiger partial charge < -0.3 is 9.47 Å². The van der Waals surface area contributed by atoms with Crippen LogP contribution in [0.1, 0.15) is 32.2 Å². The fraction of sp³-hybridized carbons (Fsp3) is 0.400. The molecule has 0 aliphatic heterocycles. The lowest BCUT2D eigenvalue weighted by Crippen LogP contribution is -2.04. The van der Waals surface area contributed by atoms with Crippen LogP contribution in [0, 0.1) is 11.3 Å². The molecule has 1 heterocycles. The van der Waals surface area contributed by atoms with Gasteiger partial charge in [-0.15, -0.1) is 5.10 Å². The number of aromatic nitrogens is 3. The van der Waals surface area contributed by atoms with Gasteiger partial charge in [0.25, 0.3) is 0 Å². The third kappa shape index (κ3) is 2.97. The molecule has 0 N–H and O–H groups in total. The van der Waals surface area contributed by atoms with Gasteiger partial charge in [0.05, 0.1) is 24.6 Å². The molecule has 110 valence electrons. The molecule has 0 saturated heterocycles. The number of hydrogen-bond acceptors (Lipinski definition) is 5. The van der Waals surface area contributed by atoms with Gasteiger partial charge >= 0.3 is 0 Å². The molecule has 21 heavy (non-hydrogen) atoms. The van der Waals surface area contributed by atoms with Gasteiger partial charge in [0.15, 0.2) is 17.2 Å². The van der Waals surface area contributed by atoms with Gasteiger partial charge in [-0.3, -0.25) is 0 Å². The van der Waals surface area contributed by atoms with Crippen molar-refractivity contribution in [3.63, 3.8) is 0 Å². The lowest BCUT2D eigenvalue weighted by molar-refractivity contribution is 0.287. The maximum Gasteiger partial charge on any atom is 0.186 e. The molecule has 0 aliphatic rings. The van der Waals surface area contributed by atoms with Crippen LogP contribution in [0.5, 0.6) is 11.5 Å². The maximum absolute atomic E-state index is 9.05. The standard InChI is InChI=1S/C15H18N4O2/c1-4-13-12(10-16)17-18-19(13)11-7-8-14(20-5-2)15(9-11)21-6-3/h7-9H,4-6H2,1-3H3. The van der Waals surface area contributed by atoms with Gasteiger partial charge in [-0.05, 0) is 32.4 Å². The van der Waals surface area contributed by atoms with Crippen LogP contribution in [0.25, 0.3) is 5.69 Å². The van der Waals surface area contributed by atoms with Crippen LogP contribution in [0.3, 0.4) is 0 Å². The Labute approximate surface area is 123 Å². The number of rotatable bonds is 6. The molecule has 0 saturated carbocycles. The number of ether oxygens (including phenoxy) is 2. The molecule has 0 spiro atoms. The summed E-state index contributed by atoms with van der Waals surface area (Å²) in [6, 6.07) is 7.63. The molecule has 0 bridgehead atoms. The van der Waals surface area contributed by atoms with E-state index in [2.05, 4.69) is 16.4 Å². The number of nitrogens with zero attached hydrogens (tertiary/aromatic N) is 4. The summed E-state index contributed by atoms with van der Waals surface area (Å²) in [7, 11) is 0. The third-order valence-corrected chi connectivity index (χ3v) is 2.98. The van der Waals surface area contributed by atoms with E-state index in [1.54, 1.807) is 4.68 Å². The van der Waals surface area contributed by atoms with Crippen molar-refractivity contribution in [2.24, 2.45) is 0 Å². The molecule has 1 aromatic carbocycles. The van der Waals surface area contributed by atoms with Crippen molar-refractivity contribution in [1.82, 2.24) is 15.0 Å². The predicted molar refractivity (Wildman–Crippen MR) is 77.8 cm³/mol. The van der Waals surface area contributed by atoms with Gasteiger partial charge in [0.1, 0.15) is 6.07 Å². The van der Waals surface area contributed by atoms with Crippen LogP contribution < -0.4 is 9.47 Å². The van der Waals surface area contributed by atoms with E-state index in [0.717, 1.165) is 11.4 Å². The molecule has 2 rings (SSSR count). The molecule has 0 atom stereocenters. The third-order valence-electron chi connectivity index (χ3n) is 2.98. The van der Waals surface area contributed by atoms with Crippen molar-refractivity contribution in [3.8, 4) is 23.3 Å². The minimum absolute atomic E-state index is 0.351. The van der Waals surface area contributed by atoms with E-state index in [9.17, 15) is 0 Å². The van der Waals surface area contributed by atoms with Gasteiger partial charge in [-0.25, -0.2) is 4.68 Å². The Morgan fingerprint density at radius 3 is 2.48 bits per heavy atom. The van der Waals surface area contributed by atoms with Crippen molar-refractivity contribution in [1.29, 1.82) is 5.26 Å². The summed E-state index contributed by atoms with van der Waals surface area (Å²) < 4.78 is 12.8. The highest BCUT2D eigenvalue weighted by Crippen LogP contribution is 2.30. The minimum atomic E-state index is 0.351. The first kappa shape index (κ1) is 14.9. The second kappa shape index (κ2) is 6.75. The van der Waals surface area contributed by atoms with Crippen LogP contribution >= 0.6 is 0 Å². The van der Waals surface area contributed by atoms with Crippen LogP contribution in [-0.2, 0) is 6.42 Å². The molecular formula is C15H18N4O2. The van der Waals surface area contributed by atoms with E-state index in [1.807, 2.05) is 39.0 Å². The normalized spacial score (nSPS) is 10.2. The topological polar surface area (TPSA) is 73.0 Å².